The van der Waals surface area contributed by atoms with Gasteiger partial charge in [0.25, 0.3) is 0 Å². The number of aliphatic hydroxyl groups excluding tert-OH is 3. The molecule has 0 aromatic rings. The van der Waals surface area contributed by atoms with Gasteiger partial charge in [0.2, 0.25) is 0 Å². The Morgan fingerprint density at radius 1 is 1.42 bits per heavy atom. The highest BCUT2D eigenvalue weighted by molar-refractivity contribution is 4.93. The van der Waals surface area contributed by atoms with E-state index in [2.05, 4.69) is 0 Å². The summed E-state index contributed by atoms with van der Waals surface area (Å²) < 4.78 is 0. The molecule has 0 spiro atoms. The molecule has 0 aliphatic carbocycles. The van der Waals surface area contributed by atoms with Crippen molar-refractivity contribution in [2.75, 3.05) is 26.2 Å². The summed E-state index contributed by atoms with van der Waals surface area (Å²) in [5, 5.41) is 27.3. The first-order chi connectivity index (χ1) is 5.70. The first-order valence-electron chi connectivity index (χ1n) is 4.11. The molecule has 5 heteroatoms. The van der Waals surface area contributed by atoms with Crippen LogP contribution in [0.15, 0.2) is 0 Å². The Kier molecular flexibility index (Phi) is 3.42. The molecule has 0 aromatic heterocycles. The van der Waals surface area contributed by atoms with Crippen molar-refractivity contribution < 1.29 is 15.3 Å². The van der Waals surface area contributed by atoms with Gasteiger partial charge in [-0.15, -0.1) is 0 Å². The van der Waals surface area contributed by atoms with E-state index in [0.29, 0.717) is 19.6 Å². The quantitative estimate of drug-likeness (QED) is 0.377. The summed E-state index contributed by atoms with van der Waals surface area (Å²) in [5.41, 5.74) is 5.41. The van der Waals surface area contributed by atoms with E-state index in [1.165, 1.54) is 0 Å². The van der Waals surface area contributed by atoms with Gasteiger partial charge in [-0.1, -0.05) is 0 Å². The van der Waals surface area contributed by atoms with E-state index >= 15 is 0 Å². The van der Waals surface area contributed by atoms with Crippen molar-refractivity contribution in [2.24, 2.45) is 5.73 Å². The number of hydrogen-bond acceptors (Lipinski definition) is 5. The Morgan fingerprint density at radius 3 is 2.58 bits per heavy atom. The number of nitrogens with zero attached hydrogens (tertiary/aromatic N) is 1. The second kappa shape index (κ2) is 4.15. The molecule has 3 unspecified atom stereocenters. The van der Waals surface area contributed by atoms with Gasteiger partial charge in [-0.2, -0.15) is 0 Å². The van der Waals surface area contributed by atoms with Gasteiger partial charge in [0.1, 0.15) is 0 Å². The van der Waals surface area contributed by atoms with Crippen molar-refractivity contribution in [2.45, 2.75) is 18.2 Å². The fourth-order valence-corrected chi connectivity index (χ4v) is 1.63. The average Bonchev–Trinajstić information content (AvgIpc) is 2.29. The molecule has 0 aromatic carbocycles. The van der Waals surface area contributed by atoms with Crippen molar-refractivity contribution in [3.63, 3.8) is 0 Å². The van der Waals surface area contributed by atoms with E-state index in [0.717, 1.165) is 0 Å². The Morgan fingerprint density at radius 2 is 2.08 bits per heavy atom. The molecule has 1 saturated heterocycles. The lowest BCUT2D eigenvalue weighted by molar-refractivity contribution is 0.0389. The molecule has 5 N–H and O–H groups in total. The fraction of sp³-hybridized carbons (Fsp3) is 1.00. The van der Waals surface area contributed by atoms with Crippen LogP contribution in [0.2, 0.25) is 0 Å². The van der Waals surface area contributed by atoms with E-state index in [1.54, 1.807) is 4.90 Å². The zero-order valence-electron chi connectivity index (χ0n) is 6.93. The monoisotopic (exact) mass is 176 g/mol. The van der Waals surface area contributed by atoms with Crippen LogP contribution in [0.25, 0.3) is 0 Å². The summed E-state index contributed by atoms with van der Waals surface area (Å²) in [6, 6.07) is -0.216. The van der Waals surface area contributed by atoms with Gasteiger partial charge in [-0.25, -0.2) is 0 Å². The van der Waals surface area contributed by atoms with Crippen molar-refractivity contribution in [1.82, 2.24) is 4.90 Å². The molecule has 1 aliphatic rings. The van der Waals surface area contributed by atoms with Gasteiger partial charge in [-0.3, -0.25) is 4.90 Å². The van der Waals surface area contributed by atoms with E-state index < -0.39 is 12.2 Å². The molecule has 0 radical (unpaired) electrons. The van der Waals surface area contributed by atoms with Crippen LogP contribution in [0.3, 0.4) is 0 Å². The minimum atomic E-state index is -0.776. The number of hydrogen-bond donors (Lipinski definition) is 4. The SMILES string of the molecule is NCC1C(O)C(O)CN1CCO. The topological polar surface area (TPSA) is 90.0 Å². The minimum absolute atomic E-state index is 0.0238. The van der Waals surface area contributed by atoms with Crippen LogP contribution < -0.4 is 5.73 Å². The lowest BCUT2D eigenvalue weighted by Gasteiger charge is -2.22. The molecule has 0 bridgehead atoms. The van der Waals surface area contributed by atoms with E-state index in [9.17, 15) is 10.2 Å². The molecule has 3 atom stereocenters. The second-order valence-corrected chi connectivity index (χ2v) is 3.08. The molecule has 1 aliphatic heterocycles. The Hall–Kier alpha value is -0.200. The predicted molar refractivity (Wildman–Crippen MR) is 43.5 cm³/mol. The molecule has 0 saturated carbocycles. The number of nitrogens with two attached hydrogens (primary N) is 1. The highest BCUT2D eigenvalue weighted by atomic mass is 16.3. The van der Waals surface area contributed by atoms with Crippen LogP contribution in [0.1, 0.15) is 0 Å². The highest BCUT2D eigenvalue weighted by Gasteiger charge is 2.38. The number of rotatable bonds is 3. The molecule has 12 heavy (non-hydrogen) atoms. The number of aliphatic hydroxyl groups is 3. The summed E-state index contributed by atoms with van der Waals surface area (Å²) in [7, 11) is 0. The zero-order chi connectivity index (χ0) is 9.14. The van der Waals surface area contributed by atoms with Crippen molar-refractivity contribution in [1.29, 1.82) is 0 Å². The largest absolute Gasteiger partial charge is 0.395 e. The summed E-state index contributed by atoms with van der Waals surface area (Å²) >= 11 is 0. The van der Waals surface area contributed by atoms with Gasteiger partial charge in [-0.05, 0) is 0 Å². The molecule has 72 valence electrons. The van der Waals surface area contributed by atoms with Crippen molar-refractivity contribution in [3.05, 3.63) is 0 Å². The third-order valence-corrected chi connectivity index (χ3v) is 2.31. The number of β-amino-alcohol motifs (C(OH)–C–C–N with tert-alkyl or cyclic N) is 2. The molecular formula is C7H16N2O3. The second-order valence-electron chi connectivity index (χ2n) is 3.08. The molecular weight excluding hydrogens is 160 g/mol. The number of likely N-dealkylation sites (tertiary alicyclic amines) is 1. The van der Waals surface area contributed by atoms with Crippen LogP contribution in [-0.4, -0.2) is 64.7 Å². The molecule has 1 heterocycles. The van der Waals surface area contributed by atoms with Crippen LogP contribution in [0, 0.1) is 0 Å². The summed E-state index contributed by atoms with van der Waals surface area (Å²) in [6.07, 6.45) is -1.51. The minimum Gasteiger partial charge on any atom is -0.395 e. The third kappa shape index (κ3) is 1.75. The van der Waals surface area contributed by atoms with E-state index in [1.807, 2.05) is 0 Å². The zero-order valence-corrected chi connectivity index (χ0v) is 6.93. The van der Waals surface area contributed by atoms with Gasteiger partial charge in [0, 0.05) is 19.6 Å². The molecule has 1 rings (SSSR count). The maximum Gasteiger partial charge on any atom is 0.0978 e. The van der Waals surface area contributed by atoms with E-state index in [4.69, 9.17) is 10.8 Å². The maximum absolute atomic E-state index is 9.40. The fourth-order valence-electron chi connectivity index (χ4n) is 1.63. The summed E-state index contributed by atoms with van der Waals surface area (Å²) in [6.45, 7) is 1.17. The third-order valence-electron chi connectivity index (χ3n) is 2.31. The highest BCUT2D eigenvalue weighted by Crippen LogP contribution is 2.16. The first kappa shape index (κ1) is 9.88. The Labute approximate surface area is 71.4 Å². The molecule has 0 amide bonds. The average molecular weight is 176 g/mol. The van der Waals surface area contributed by atoms with Gasteiger partial charge < -0.3 is 21.1 Å². The normalized spacial score (nSPS) is 37.5. The molecule has 1 fully saturated rings. The Balaban J connectivity index is 2.52. The lowest BCUT2D eigenvalue weighted by Crippen LogP contribution is -2.42. The van der Waals surface area contributed by atoms with Crippen LogP contribution in [-0.2, 0) is 0 Å². The van der Waals surface area contributed by atoms with Gasteiger partial charge in [0.05, 0.1) is 24.9 Å². The Bertz CT molecular complexity index is 145. The van der Waals surface area contributed by atoms with Crippen LogP contribution in [0.5, 0.6) is 0 Å². The van der Waals surface area contributed by atoms with Crippen molar-refractivity contribution >= 4 is 0 Å². The standard InChI is InChI=1S/C7H16N2O3/c8-3-5-7(12)6(11)4-9(5)1-2-10/h5-7,10-12H,1-4,8H2. The van der Waals surface area contributed by atoms with E-state index in [-0.39, 0.29) is 12.6 Å². The smallest absolute Gasteiger partial charge is 0.0978 e. The summed E-state index contributed by atoms with van der Waals surface area (Å²) in [4.78, 5) is 1.80. The first-order valence-corrected chi connectivity index (χ1v) is 4.11. The van der Waals surface area contributed by atoms with Gasteiger partial charge >= 0.3 is 0 Å². The maximum atomic E-state index is 9.40. The van der Waals surface area contributed by atoms with Crippen LogP contribution >= 0.6 is 0 Å². The van der Waals surface area contributed by atoms with Gasteiger partial charge in [0.15, 0.2) is 0 Å². The molecule has 5 nitrogen and oxygen atoms in total. The van der Waals surface area contributed by atoms with Crippen molar-refractivity contribution in [3.8, 4) is 0 Å². The lowest BCUT2D eigenvalue weighted by atomic mass is 10.1. The predicted octanol–water partition coefficient (Wildman–Crippen LogP) is -2.66. The van der Waals surface area contributed by atoms with Crippen LogP contribution in [0.4, 0.5) is 0 Å². The summed E-state index contributed by atoms with van der Waals surface area (Å²) in [5.74, 6) is 0.